The summed E-state index contributed by atoms with van der Waals surface area (Å²) in [7, 11) is 0. The summed E-state index contributed by atoms with van der Waals surface area (Å²) >= 11 is 0. The maximum atomic E-state index is 9.36. The van der Waals surface area contributed by atoms with Crippen molar-refractivity contribution < 1.29 is 15.3 Å². The highest BCUT2D eigenvalue weighted by Gasteiger charge is 2.16. The van der Waals surface area contributed by atoms with Crippen LogP contribution in [0.15, 0.2) is 30.3 Å². The number of aliphatic hydroxyl groups is 3. The van der Waals surface area contributed by atoms with Crippen molar-refractivity contribution in [2.75, 3.05) is 19.8 Å². The lowest BCUT2D eigenvalue weighted by molar-refractivity contribution is 0.0228. The summed E-state index contributed by atoms with van der Waals surface area (Å²) < 4.78 is 0. The van der Waals surface area contributed by atoms with E-state index in [4.69, 9.17) is 10.2 Å². The molecule has 1 unspecified atom stereocenters. The van der Waals surface area contributed by atoms with E-state index in [-0.39, 0.29) is 19.1 Å². The first-order valence-electron chi connectivity index (χ1n) is 5.42. The molecule has 0 fully saturated rings. The van der Waals surface area contributed by atoms with E-state index in [0.717, 1.165) is 5.56 Å². The Hall–Kier alpha value is -0.940. The second kappa shape index (κ2) is 7.35. The van der Waals surface area contributed by atoms with Crippen LogP contribution in [0.3, 0.4) is 0 Å². The first-order chi connectivity index (χ1) is 7.77. The lowest BCUT2D eigenvalue weighted by atomic mass is 10.0. The lowest BCUT2D eigenvalue weighted by Crippen LogP contribution is -2.35. The van der Waals surface area contributed by atoms with Gasteiger partial charge in [-0.1, -0.05) is 30.3 Å². The summed E-state index contributed by atoms with van der Waals surface area (Å²) in [5.41, 5.74) is 1.15. The number of benzene rings is 1. The zero-order valence-corrected chi connectivity index (χ0v) is 9.21. The molecule has 0 saturated carbocycles. The lowest BCUT2D eigenvalue weighted by Gasteiger charge is -2.19. The Morgan fingerprint density at radius 3 is 2.31 bits per heavy atom. The zero-order valence-electron chi connectivity index (χ0n) is 9.21. The Bertz CT molecular complexity index is 279. The molecule has 0 heterocycles. The Balaban J connectivity index is 2.28. The van der Waals surface area contributed by atoms with Gasteiger partial charge in [0.25, 0.3) is 0 Å². The molecule has 1 aromatic carbocycles. The van der Waals surface area contributed by atoms with Gasteiger partial charge in [0.2, 0.25) is 0 Å². The SMILES string of the molecule is OCC(CNCc1ccccc1)[C@H](O)CO. The van der Waals surface area contributed by atoms with Gasteiger partial charge in [-0.3, -0.25) is 0 Å². The van der Waals surface area contributed by atoms with E-state index in [1.165, 1.54) is 0 Å². The molecule has 90 valence electrons. The third-order valence-corrected chi connectivity index (χ3v) is 2.54. The van der Waals surface area contributed by atoms with Crippen LogP contribution < -0.4 is 5.32 Å². The van der Waals surface area contributed by atoms with Crippen molar-refractivity contribution in [1.82, 2.24) is 5.32 Å². The number of hydrogen-bond donors (Lipinski definition) is 4. The minimum atomic E-state index is -0.867. The van der Waals surface area contributed by atoms with E-state index >= 15 is 0 Å². The summed E-state index contributed by atoms with van der Waals surface area (Å²) in [5.74, 6) is -0.325. The Morgan fingerprint density at radius 2 is 1.75 bits per heavy atom. The monoisotopic (exact) mass is 225 g/mol. The molecule has 0 radical (unpaired) electrons. The molecule has 0 spiro atoms. The van der Waals surface area contributed by atoms with Gasteiger partial charge in [0.15, 0.2) is 0 Å². The van der Waals surface area contributed by atoms with Gasteiger partial charge in [-0.25, -0.2) is 0 Å². The highest BCUT2D eigenvalue weighted by molar-refractivity contribution is 5.14. The van der Waals surface area contributed by atoms with Crippen LogP contribution in [0.25, 0.3) is 0 Å². The van der Waals surface area contributed by atoms with Gasteiger partial charge >= 0.3 is 0 Å². The minimum Gasteiger partial charge on any atom is -0.396 e. The first kappa shape index (κ1) is 13.1. The molecule has 0 aliphatic rings. The van der Waals surface area contributed by atoms with Crippen molar-refractivity contribution in [3.63, 3.8) is 0 Å². The number of hydrogen-bond acceptors (Lipinski definition) is 4. The first-order valence-corrected chi connectivity index (χ1v) is 5.42. The Morgan fingerprint density at radius 1 is 1.06 bits per heavy atom. The molecule has 0 amide bonds. The van der Waals surface area contributed by atoms with Crippen LogP contribution >= 0.6 is 0 Å². The van der Waals surface area contributed by atoms with Gasteiger partial charge < -0.3 is 20.6 Å². The fourth-order valence-corrected chi connectivity index (χ4v) is 1.47. The maximum absolute atomic E-state index is 9.36. The number of rotatable bonds is 7. The Labute approximate surface area is 95.6 Å². The summed E-state index contributed by atoms with van der Waals surface area (Å²) in [4.78, 5) is 0. The topological polar surface area (TPSA) is 72.7 Å². The predicted molar refractivity (Wildman–Crippen MR) is 61.8 cm³/mol. The second-order valence-corrected chi connectivity index (χ2v) is 3.81. The van der Waals surface area contributed by atoms with Crippen LogP contribution in [-0.4, -0.2) is 41.2 Å². The molecule has 1 rings (SSSR count). The van der Waals surface area contributed by atoms with Crippen LogP contribution in [0, 0.1) is 5.92 Å². The molecule has 0 aliphatic heterocycles. The molecule has 16 heavy (non-hydrogen) atoms. The quantitative estimate of drug-likeness (QED) is 0.516. The van der Waals surface area contributed by atoms with E-state index in [9.17, 15) is 5.11 Å². The van der Waals surface area contributed by atoms with Crippen molar-refractivity contribution in [3.05, 3.63) is 35.9 Å². The molecule has 0 aromatic heterocycles. The molecule has 4 heteroatoms. The molecule has 4 nitrogen and oxygen atoms in total. The molecule has 0 bridgehead atoms. The largest absolute Gasteiger partial charge is 0.396 e. The standard InChI is InChI=1S/C12H19NO3/c14-8-11(12(16)9-15)7-13-6-10-4-2-1-3-5-10/h1-5,11-16H,6-9H2/t11?,12-/m1/s1. The highest BCUT2D eigenvalue weighted by Crippen LogP contribution is 2.02. The van der Waals surface area contributed by atoms with E-state index in [1.807, 2.05) is 30.3 Å². The fourth-order valence-electron chi connectivity index (χ4n) is 1.47. The normalized spacial score (nSPS) is 14.7. The number of nitrogens with one attached hydrogen (secondary N) is 1. The molecular formula is C12H19NO3. The highest BCUT2D eigenvalue weighted by atomic mass is 16.3. The van der Waals surface area contributed by atoms with Crippen LogP contribution in [0.5, 0.6) is 0 Å². The molecule has 0 aliphatic carbocycles. The van der Waals surface area contributed by atoms with Gasteiger partial charge in [-0.05, 0) is 5.56 Å². The molecule has 4 N–H and O–H groups in total. The summed E-state index contributed by atoms with van der Waals surface area (Å²) in [5, 5.41) is 30.3. The van der Waals surface area contributed by atoms with Crippen molar-refractivity contribution >= 4 is 0 Å². The van der Waals surface area contributed by atoms with E-state index < -0.39 is 6.10 Å². The van der Waals surface area contributed by atoms with Crippen molar-refractivity contribution in [2.45, 2.75) is 12.6 Å². The summed E-state index contributed by atoms with van der Waals surface area (Å²) in [6.07, 6.45) is -0.867. The number of aliphatic hydroxyl groups excluding tert-OH is 3. The smallest absolute Gasteiger partial charge is 0.0833 e. The van der Waals surface area contributed by atoms with Gasteiger partial charge in [0, 0.05) is 25.6 Å². The third kappa shape index (κ3) is 4.28. The summed E-state index contributed by atoms with van der Waals surface area (Å²) in [6.45, 7) is 0.713. The van der Waals surface area contributed by atoms with E-state index in [2.05, 4.69) is 5.32 Å². The van der Waals surface area contributed by atoms with Gasteiger partial charge in [-0.2, -0.15) is 0 Å². The fraction of sp³-hybridized carbons (Fsp3) is 0.500. The second-order valence-electron chi connectivity index (χ2n) is 3.81. The van der Waals surface area contributed by atoms with Crippen LogP contribution in [-0.2, 0) is 6.54 Å². The van der Waals surface area contributed by atoms with Crippen molar-refractivity contribution in [3.8, 4) is 0 Å². The third-order valence-electron chi connectivity index (χ3n) is 2.54. The average Bonchev–Trinajstić information content (AvgIpc) is 2.35. The van der Waals surface area contributed by atoms with Crippen LogP contribution in [0.1, 0.15) is 5.56 Å². The molecule has 0 saturated heterocycles. The minimum absolute atomic E-state index is 0.135. The van der Waals surface area contributed by atoms with Gasteiger partial charge in [-0.15, -0.1) is 0 Å². The predicted octanol–water partition coefficient (Wildman–Crippen LogP) is -0.262. The Kier molecular flexibility index (Phi) is 6.03. The van der Waals surface area contributed by atoms with Crippen molar-refractivity contribution in [2.24, 2.45) is 5.92 Å². The van der Waals surface area contributed by atoms with E-state index in [0.29, 0.717) is 13.1 Å². The zero-order chi connectivity index (χ0) is 11.8. The molecule has 2 atom stereocenters. The van der Waals surface area contributed by atoms with Crippen molar-refractivity contribution in [1.29, 1.82) is 0 Å². The van der Waals surface area contributed by atoms with Gasteiger partial charge in [0.1, 0.15) is 0 Å². The average molecular weight is 225 g/mol. The summed E-state index contributed by atoms with van der Waals surface area (Å²) in [6, 6.07) is 9.88. The molecular weight excluding hydrogens is 206 g/mol. The molecule has 1 aromatic rings. The van der Waals surface area contributed by atoms with Gasteiger partial charge in [0.05, 0.1) is 12.7 Å². The van der Waals surface area contributed by atoms with Crippen LogP contribution in [0.2, 0.25) is 0 Å². The van der Waals surface area contributed by atoms with Crippen LogP contribution in [0.4, 0.5) is 0 Å². The van der Waals surface area contributed by atoms with E-state index in [1.54, 1.807) is 0 Å². The maximum Gasteiger partial charge on any atom is 0.0833 e.